The minimum Gasteiger partial charge on any atom is -0.489 e. The van der Waals surface area contributed by atoms with Crippen molar-refractivity contribution >= 4 is 15.7 Å². The fourth-order valence-electron chi connectivity index (χ4n) is 3.40. The number of sulfone groups is 1. The van der Waals surface area contributed by atoms with Gasteiger partial charge < -0.3 is 15.2 Å². The predicted octanol–water partition coefficient (Wildman–Crippen LogP) is 2.42. The number of pyridine rings is 1. The number of hydrogen-bond acceptors (Lipinski definition) is 6. The number of carbonyl (C=O) groups excluding carboxylic acids is 1. The van der Waals surface area contributed by atoms with Crippen LogP contribution >= 0.6 is 0 Å². The molecule has 1 fully saturated rings. The van der Waals surface area contributed by atoms with Crippen LogP contribution in [0.5, 0.6) is 5.75 Å². The molecular weight excluding hydrogens is 392 g/mol. The van der Waals surface area contributed by atoms with E-state index in [9.17, 15) is 13.2 Å². The lowest BCUT2D eigenvalue weighted by atomic mass is 9.98. The van der Waals surface area contributed by atoms with Crippen LogP contribution in [0.25, 0.3) is 0 Å². The number of rotatable bonds is 8. The fourth-order valence-corrected chi connectivity index (χ4v) is 5.32. The van der Waals surface area contributed by atoms with Crippen molar-refractivity contribution in [3.8, 4) is 5.75 Å². The van der Waals surface area contributed by atoms with Crippen LogP contribution in [-0.2, 0) is 32.4 Å². The molecule has 1 aliphatic rings. The summed E-state index contributed by atoms with van der Waals surface area (Å²) in [7, 11) is -3.94. The van der Waals surface area contributed by atoms with Crippen LogP contribution in [-0.4, -0.2) is 37.3 Å². The minimum absolute atomic E-state index is 0.0520. The van der Waals surface area contributed by atoms with E-state index in [2.05, 4.69) is 11.9 Å². The molecule has 1 aromatic heterocycles. The van der Waals surface area contributed by atoms with Crippen LogP contribution in [0, 0.1) is 0 Å². The van der Waals surface area contributed by atoms with Crippen molar-refractivity contribution in [2.75, 3.05) is 13.2 Å². The number of hydrogen-bond donors (Lipinski definition) is 1. The van der Waals surface area contributed by atoms with Crippen molar-refractivity contribution in [3.05, 3.63) is 53.9 Å². The Morgan fingerprint density at radius 3 is 2.41 bits per heavy atom. The summed E-state index contributed by atoms with van der Waals surface area (Å²) < 4.78 is 35.6. The minimum atomic E-state index is -3.94. The lowest BCUT2D eigenvalue weighted by Crippen LogP contribution is -2.53. The van der Waals surface area contributed by atoms with Gasteiger partial charge in [-0.3, -0.25) is 9.78 Å². The molecule has 0 radical (unpaired) electrons. The maximum Gasteiger partial charge on any atom is 0.239 e. The number of aryl methyl sites for hydroxylation is 1. The maximum absolute atomic E-state index is 13.1. The Morgan fingerprint density at radius 1 is 1.17 bits per heavy atom. The van der Waals surface area contributed by atoms with Crippen molar-refractivity contribution in [3.63, 3.8) is 0 Å². The molecule has 2 aromatic rings. The topological polar surface area (TPSA) is 109 Å². The van der Waals surface area contributed by atoms with E-state index < -0.39 is 20.5 Å². The summed E-state index contributed by atoms with van der Waals surface area (Å²) in [6.07, 6.45) is 3.89. The summed E-state index contributed by atoms with van der Waals surface area (Å²) >= 11 is 0. The molecule has 0 bridgehead atoms. The Morgan fingerprint density at radius 2 is 1.86 bits per heavy atom. The molecule has 0 atom stereocenters. The molecule has 1 saturated heterocycles. The highest BCUT2D eigenvalue weighted by atomic mass is 32.2. The van der Waals surface area contributed by atoms with Gasteiger partial charge in [0, 0.05) is 30.7 Å². The van der Waals surface area contributed by atoms with E-state index in [-0.39, 0.29) is 31.0 Å². The van der Waals surface area contributed by atoms with Crippen molar-refractivity contribution in [1.82, 2.24) is 4.98 Å². The van der Waals surface area contributed by atoms with Gasteiger partial charge in [0.25, 0.3) is 0 Å². The molecule has 2 heterocycles. The number of nitrogens with two attached hydrogens (primary N) is 1. The summed E-state index contributed by atoms with van der Waals surface area (Å²) in [6.45, 7) is 2.81. The van der Waals surface area contributed by atoms with E-state index in [4.69, 9.17) is 15.2 Å². The van der Waals surface area contributed by atoms with Gasteiger partial charge in [-0.05, 0) is 49.6 Å². The first kappa shape index (κ1) is 21.3. The Hall–Kier alpha value is -2.45. The Bertz CT molecular complexity index is 934. The first-order valence-electron chi connectivity index (χ1n) is 9.68. The smallest absolute Gasteiger partial charge is 0.239 e. The molecule has 8 heteroatoms. The highest BCUT2D eigenvalue weighted by Gasteiger charge is 2.51. The molecule has 29 heavy (non-hydrogen) atoms. The third kappa shape index (κ3) is 4.43. The van der Waals surface area contributed by atoms with E-state index in [1.807, 2.05) is 12.1 Å². The molecule has 0 saturated carbocycles. The highest BCUT2D eigenvalue weighted by Crippen LogP contribution is 2.35. The normalized spacial score (nSPS) is 16.3. The Labute approximate surface area is 171 Å². The third-order valence-corrected chi connectivity index (χ3v) is 7.73. The molecule has 0 spiro atoms. The average molecular weight is 419 g/mol. The summed E-state index contributed by atoms with van der Waals surface area (Å²) in [6, 6.07) is 10.0. The summed E-state index contributed by atoms with van der Waals surface area (Å²) in [5.41, 5.74) is 7.46. The third-order valence-electron chi connectivity index (χ3n) is 5.20. The number of aromatic nitrogens is 1. The number of nitrogens with zero attached hydrogens (tertiary/aromatic N) is 1. The lowest BCUT2D eigenvalue weighted by Gasteiger charge is -2.33. The molecule has 156 valence electrons. The van der Waals surface area contributed by atoms with Crippen molar-refractivity contribution in [2.45, 2.75) is 48.9 Å². The molecule has 1 aliphatic heterocycles. The van der Waals surface area contributed by atoms with Crippen LogP contribution in [0.15, 0.2) is 47.5 Å². The van der Waals surface area contributed by atoms with E-state index in [1.165, 1.54) is 12.1 Å². The number of benzene rings is 1. The van der Waals surface area contributed by atoms with Gasteiger partial charge in [0.05, 0.1) is 4.90 Å². The van der Waals surface area contributed by atoms with E-state index in [1.54, 1.807) is 18.3 Å². The van der Waals surface area contributed by atoms with Gasteiger partial charge in [0.2, 0.25) is 5.91 Å². The fraction of sp³-hybridized carbons (Fsp3) is 0.429. The lowest BCUT2D eigenvalue weighted by molar-refractivity contribution is -0.122. The zero-order chi connectivity index (χ0) is 20.9. The van der Waals surface area contributed by atoms with Crippen molar-refractivity contribution in [1.29, 1.82) is 0 Å². The second-order valence-electron chi connectivity index (χ2n) is 7.14. The van der Waals surface area contributed by atoms with E-state index >= 15 is 0 Å². The van der Waals surface area contributed by atoms with Crippen LogP contribution < -0.4 is 10.5 Å². The van der Waals surface area contributed by atoms with Gasteiger partial charge in [-0.25, -0.2) is 8.42 Å². The first-order chi connectivity index (χ1) is 13.9. The highest BCUT2D eigenvalue weighted by molar-refractivity contribution is 7.93. The molecule has 0 unspecified atom stereocenters. The number of amides is 1. The second-order valence-corrected chi connectivity index (χ2v) is 9.40. The Kier molecular flexibility index (Phi) is 6.54. The van der Waals surface area contributed by atoms with Crippen LogP contribution in [0.4, 0.5) is 0 Å². The molecule has 3 rings (SSSR count). The average Bonchev–Trinajstić information content (AvgIpc) is 2.74. The zero-order valence-electron chi connectivity index (χ0n) is 16.5. The molecule has 0 aliphatic carbocycles. The maximum atomic E-state index is 13.1. The van der Waals surface area contributed by atoms with E-state index in [0.29, 0.717) is 12.4 Å². The summed E-state index contributed by atoms with van der Waals surface area (Å²) in [4.78, 5) is 16.5. The molecule has 7 nitrogen and oxygen atoms in total. The van der Waals surface area contributed by atoms with Gasteiger partial charge in [-0.15, -0.1) is 0 Å². The van der Waals surface area contributed by atoms with Crippen molar-refractivity contribution < 1.29 is 22.7 Å². The Balaban J connectivity index is 1.71. The summed E-state index contributed by atoms with van der Waals surface area (Å²) in [5.74, 6) is -0.304. The predicted molar refractivity (Wildman–Crippen MR) is 108 cm³/mol. The van der Waals surface area contributed by atoms with E-state index in [0.717, 1.165) is 24.1 Å². The van der Waals surface area contributed by atoms with Crippen LogP contribution in [0.2, 0.25) is 0 Å². The number of carbonyl (C=O) groups is 1. The van der Waals surface area contributed by atoms with Gasteiger partial charge in [0.1, 0.15) is 12.4 Å². The monoisotopic (exact) mass is 418 g/mol. The van der Waals surface area contributed by atoms with Gasteiger partial charge in [-0.1, -0.05) is 19.4 Å². The van der Waals surface area contributed by atoms with Gasteiger partial charge in [-0.2, -0.15) is 0 Å². The number of ether oxygens (including phenoxy) is 2. The first-order valence-corrected chi connectivity index (χ1v) is 11.2. The summed E-state index contributed by atoms with van der Waals surface area (Å²) in [5, 5.41) is 0. The molecule has 1 aromatic carbocycles. The zero-order valence-corrected chi connectivity index (χ0v) is 17.3. The van der Waals surface area contributed by atoms with Crippen LogP contribution in [0.3, 0.4) is 0 Å². The number of primary amides is 1. The second kappa shape index (κ2) is 8.92. The van der Waals surface area contributed by atoms with Gasteiger partial charge in [0.15, 0.2) is 14.6 Å². The van der Waals surface area contributed by atoms with Crippen LogP contribution in [0.1, 0.15) is 37.4 Å². The quantitative estimate of drug-likeness (QED) is 0.705. The standard InChI is InChI=1S/C21H26N2O5S/c1-2-3-17-5-4-16(14-23-17)15-28-18-6-8-19(9-7-18)29(25,26)21(20(22)24)10-12-27-13-11-21/h4-9,14H,2-3,10-13,15H2,1H3,(H2,22,24). The largest absolute Gasteiger partial charge is 0.489 e. The molecule has 1 amide bonds. The van der Waals surface area contributed by atoms with Gasteiger partial charge >= 0.3 is 0 Å². The molecule has 2 N–H and O–H groups in total. The molecular formula is C21H26N2O5S. The SMILES string of the molecule is CCCc1ccc(COc2ccc(S(=O)(=O)C3(C(N)=O)CCOCC3)cc2)cn1. The van der Waals surface area contributed by atoms with Crippen molar-refractivity contribution in [2.24, 2.45) is 5.73 Å².